The molecule has 0 bridgehead atoms. The summed E-state index contributed by atoms with van der Waals surface area (Å²) in [6, 6.07) is 13.9. The SMILES string of the molecule is FC(F)(F)c1cccc2c1-c1cnc(-c3ccccc3)n1CC2. The maximum absolute atomic E-state index is 13.4. The van der Waals surface area contributed by atoms with Gasteiger partial charge in [-0.25, -0.2) is 4.98 Å². The standard InChI is InChI=1S/C18H13F3N2/c19-18(20,21)14-8-4-7-12-9-10-23-15(16(12)14)11-22-17(23)13-5-2-1-3-6-13/h1-8,11H,9-10H2. The lowest BCUT2D eigenvalue weighted by molar-refractivity contribution is -0.137. The van der Waals surface area contributed by atoms with Crippen LogP contribution in [-0.2, 0) is 19.1 Å². The van der Waals surface area contributed by atoms with Gasteiger partial charge in [-0.05, 0) is 18.1 Å². The van der Waals surface area contributed by atoms with Gasteiger partial charge in [0, 0.05) is 17.7 Å². The number of fused-ring (bicyclic) bond motifs is 3. The maximum Gasteiger partial charge on any atom is 0.417 e. The molecular formula is C18H13F3N2. The summed E-state index contributed by atoms with van der Waals surface area (Å²) in [5.41, 5.74) is 1.85. The molecule has 1 aliphatic heterocycles. The van der Waals surface area contributed by atoms with Crippen LogP contribution < -0.4 is 0 Å². The molecule has 0 atom stereocenters. The second-order valence-electron chi connectivity index (χ2n) is 5.57. The van der Waals surface area contributed by atoms with Crippen LogP contribution in [0.2, 0.25) is 0 Å². The zero-order chi connectivity index (χ0) is 16.0. The lowest BCUT2D eigenvalue weighted by Crippen LogP contribution is -2.16. The van der Waals surface area contributed by atoms with Crippen molar-refractivity contribution in [1.82, 2.24) is 9.55 Å². The van der Waals surface area contributed by atoms with E-state index in [1.165, 1.54) is 6.07 Å². The Morgan fingerprint density at radius 3 is 2.48 bits per heavy atom. The second kappa shape index (κ2) is 4.98. The number of halogens is 3. The van der Waals surface area contributed by atoms with Crippen LogP contribution in [0.15, 0.2) is 54.7 Å². The first kappa shape index (κ1) is 14.1. The second-order valence-corrected chi connectivity index (χ2v) is 5.57. The molecule has 0 aliphatic carbocycles. The van der Waals surface area contributed by atoms with Crippen molar-refractivity contribution >= 4 is 0 Å². The Kier molecular flexibility index (Phi) is 3.04. The van der Waals surface area contributed by atoms with Crippen molar-refractivity contribution in [3.05, 3.63) is 65.9 Å². The number of hydrogen-bond donors (Lipinski definition) is 0. The number of aromatic nitrogens is 2. The molecule has 0 saturated heterocycles. The number of aryl methyl sites for hydroxylation is 1. The van der Waals surface area contributed by atoms with Gasteiger partial charge in [-0.2, -0.15) is 13.2 Å². The highest BCUT2D eigenvalue weighted by atomic mass is 19.4. The third-order valence-corrected chi connectivity index (χ3v) is 4.20. The van der Waals surface area contributed by atoms with Crippen molar-refractivity contribution in [3.8, 4) is 22.6 Å². The lowest BCUT2D eigenvalue weighted by atomic mass is 9.93. The molecule has 0 fully saturated rings. The highest BCUT2D eigenvalue weighted by Crippen LogP contribution is 2.42. The summed E-state index contributed by atoms with van der Waals surface area (Å²) in [6.45, 7) is 0.633. The Labute approximate surface area is 131 Å². The Bertz CT molecular complexity index is 864. The van der Waals surface area contributed by atoms with E-state index in [1.54, 1.807) is 12.3 Å². The summed E-state index contributed by atoms with van der Waals surface area (Å²) in [5, 5.41) is 0. The minimum Gasteiger partial charge on any atom is -0.324 e. The van der Waals surface area contributed by atoms with Gasteiger partial charge in [0.1, 0.15) is 5.82 Å². The quantitative estimate of drug-likeness (QED) is 0.631. The van der Waals surface area contributed by atoms with E-state index in [2.05, 4.69) is 4.98 Å². The van der Waals surface area contributed by atoms with Gasteiger partial charge in [-0.15, -0.1) is 0 Å². The number of hydrogen-bond acceptors (Lipinski definition) is 1. The van der Waals surface area contributed by atoms with Crippen LogP contribution in [0.25, 0.3) is 22.6 Å². The fourth-order valence-corrected chi connectivity index (χ4v) is 3.20. The van der Waals surface area contributed by atoms with Crippen LogP contribution in [-0.4, -0.2) is 9.55 Å². The topological polar surface area (TPSA) is 17.8 Å². The van der Waals surface area contributed by atoms with Gasteiger partial charge in [0.05, 0.1) is 17.5 Å². The third kappa shape index (κ3) is 2.23. The molecule has 4 rings (SSSR count). The first-order valence-corrected chi connectivity index (χ1v) is 7.36. The van der Waals surface area contributed by atoms with E-state index < -0.39 is 11.7 Å². The molecule has 0 amide bonds. The fraction of sp³-hybridized carbons (Fsp3) is 0.167. The molecule has 2 heterocycles. The van der Waals surface area contributed by atoms with Crippen LogP contribution in [0, 0.1) is 0 Å². The fourth-order valence-electron chi connectivity index (χ4n) is 3.20. The summed E-state index contributed by atoms with van der Waals surface area (Å²) in [6.07, 6.45) is -2.25. The molecule has 0 spiro atoms. The number of nitrogens with zero attached hydrogens (tertiary/aromatic N) is 2. The van der Waals surface area contributed by atoms with Gasteiger partial charge in [0.2, 0.25) is 0 Å². The van der Waals surface area contributed by atoms with Gasteiger partial charge >= 0.3 is 6.18 Å². The van der Waals surface area contributed by atoms with Gasteiger partial charge in [-0.3, -0.25) is 0 Å². The average Bonchev–Trinajstić information content (AvgIpc) is 2.98. The molecule has 0 radical (unpaired) electrons. The van der Waals surface area contributed by atoms with Gasteiger partial charge in [0.15, 0.2) is 0 Å². The van der Waals surface area contributed by atoms with Crippen LogP contribution in [0.1, 0.15) is 11.1 Å². The van der Waals surface area contributed by atoms with Crippen molar-refractivity contribution in [2.24, 2.45) is 0 Å². The zero-order valence-corrected chi connectivity index (χ0v) is 12.1. The highest BCUT2D eigenvalue weighted by molar-refractivity contribution is 5.73. The predicted molar refractivity (Wildman–Crippen MR) is 81.8 cm³/mol. The van der Waals surface area contributed by atoms with E-state index in [1.807, 2.05) is 34.9 Å². The van der Waals surface area contributed by atoms with Crippen LogP contribution in [0.5, 0.6) is 0 Å². The van der Waals surface area contributed by atoms with E-state index >= 15 is 0 Å². The van der Waals surface area contributed by atoms with Crippen molar-refractivity contribution in [2.75, 3.05) is 0 Å². The zero-order valence-electron chi connectivity index (χ0n) is 12.1. The molecule has 1 aliphatic rings. The van der Waals surface area contributed by atoms with Crippen molar-refractivity contribution in [1.29, 1.82) is 0 Å². The molecule has 0 unspecified atom stereocenters. The third-order valence-electron chi connectivity index (χ3n) is 4.20. The molecule has 3 aromatic rings. The Morgan fingerprint density at radius 2 is 1.74 bits per heavy atom. The number of rotatable bonds is 1. The van der Waals surface area contributed by atoms with E-state index in [9.17, 15) is 13.2 Å². The van der Waals surface area contributed by atoms with Gasteiger partial charge in [0.25, 0.3) is 0 Å². The largest absolute Gasteiger partial charge is 0.417 e. The summed E-state index contributed by atoms with van der Waals surface area (Å²) in [7, 11) is 0. The minimum absolute atomic E-state index is 0.265. The molecule has 1 aromatic heterocycles. The smallest absolute Gasteiger partial charge is 0.324 e. The molecule has 2 nitrogen and oxygen atoms in total. The summed E-state index contributed by atoms with van der Waals surface area (Å²) in [5.74, 6) is 0.711. The predicted octanol–water partition coefficient (Wildman–Crippen LogP) is 4.79. The summed E-state index contributed by atoms with van der Waals surface area (Å²) in [4.78, 5) is 4.39. The molecular weight excluding hydrogens is 301 g/mol. The highest BCUT2D eigenvalue weighted by Gasteiger charge is 2.36. The van der Waals surface area contributed by atoms with E-state index in [-0.39, 0.29) is 5.56 Å². The molecule has 23 heavy (non-hydrogen) atoms. The Morgan fingerprint density at radius 1 is 0.957 bits per heavy atom. The van der Waals surface area contributed by atoms with Crippen LogP contribution in [0.4, 0.5) is 13.2 Å². The summed E-state index contributed by atoms with van der Waals surface area (Å²) >= 11 is 0. The van der Waals surface area contributed by atoms with Gasteiger partial charge < -0.3 is 4.57 Å². The van der Waals surface area contributed by atoms with E-state index in [4.69, 9.17) is 0 Å². The number of alkyl halides is 3. The first-order valence-electron chi connectivity index (χ1n) is 7.36. The maximum atomic E-state index is 13.4. The Hall–Kier alpha value is -2.56. The lowest BCUT2D eigenvalue weighted by Gasteiger charge is -2.23. The minimum atomic E-state index is -4.37. The van der Waals surface area contributed by atoms with Crippen LogP contribution in [0.3, 0.4) is 0 Å². The monoisotopic (exact) mass is 314 g/mol. The van der Waals surface area contributed by atoms with Crippen molar-refractivity contribution < 1.29 is 13.2 Å². The molecule has 5 heteroatoms. The van der Waals surface area contributed by atoms with Crippen LogP contribution >= 0.6 is 0 Å². The molecule has 0 N–H and O–H groups in total. The molecule has 2 aromatic carbocycles. The molecule has 0 saturated carbocycles. The Balaban J connectivity index is 1.94. The van der Waals surface area contributed by atoms with Gasteiger partial charge in [-0.1, -0.05) is 42.5 Å². The number of imidazole rings is 1. The molecule has 116 valence electrons. The average molecular weight is 314 g/mol. The number of benzene rings is 2. The van der Waals surface area contributed by atoms with Crippen molar-refractivity contribution in [2.45, 2.75) is 19.1 Å². The van der Waals surface area contributed by atoms with E-state index in [0.29, 0.717) is 24.5 Å². The summed E-state index contributed by atoms with van der Waals surface area (Å²) < 4.78 is 42.0. The van der Waals surface area contributed by atoms with E-state index in [0.717, 1.165) is 17.2 Å². The first-order chi connectivity index (χ1) is 11.1. The normalized spacial score (nSPS) is 13.5. The van der Waals surface area contributed by atoms with Crippen molar-refractivity contribution in [3.63, 3.8) is 0 Å².